The molecule has 1 aromatic carbocycles. The number of halogens is 1. The summed E-state index contributed by atoms with van der Waals surface area (Å²) in [7, 11) is -3.59. The van der Waals surface area contributed by atoms with Crippen molar-refractivity contribution in [1.82, 2.24) is 14.2 Å². The molecule has 3 rings (SSSR count). The third-order valence-corrected chi connectivity index (χ3v) is 6.56. The zero-order valence-corrected chi connectivity index (χ0v) is 16.9. The molecule has 0 unspecified atom stereocenters. The van der Waals surface area contributed by atoms with Gasteiger partial charge in [0.25, 0.3) is 0 Å². The summed E-state index contributed by atoms with van der Waals surface area (Å²) >= 11 is 2.02. The maximum atomic E-state index is 12.6. The summed E-state index contributed by atoms with van der Waals surface area (Å²) in [6.07, 6.45) is 0.930. The summed E-state index contributed by atoms with van der Waals surface area (Å²) in [6.45, 7) is 1.26. The summed E-state index contributed by atoms with van der Waals surface area (Å²) in [6, 6.07) is 12.6. The van der Waals surface area contributed by atoms with Gasteiger partial charge in [0.05, 0.1) is 0 Å². The van der Waals surface area contributed by atoms with Crippen LogP contribution in [-0.4, -0.2) is 54.9 Å². The molecule has 1 aliphatic heterocycles. The largest absolute Gasteiger partial charge is 0.445 e. The molecule has 0 saturated carbocycles. The topological polar surface area (TPSA) is 79.8 Å². The molecule has 0 N–H and O–H groups in total. The normalized spacial score (nSPS) is 15.7. The number of amides is 1. The van der Waals surface area contributed by atoms with Gasteiger partial charge in [0.2, 0.25) is 10.0 Å². The quantitative estimate of drug-likeness (QED) is 0.489. The van der Waals surface area contributed by atoms with Crippen LogP contribution in [0.4, 0.5) is 4.79 Å². The van der Waals surface area contributed by atoms with Crippen molar-refractivity contribution in [3.05, 3.63) is 57.9 Å². The second kappa shape index (κ2) is 8.31. The zero-order valence-electron chi connectivity index (χ0n) is 13.9. The Kier molecular flexibility index (Phi) is 6.09. The van der Waals surface area contributed by atoms with Crippen molar-refractivity contribution in [3.63, 3.8) is 0 Å². The molecule has 0 aliphatic carbocycles. The first-order valence-corrected chi connectivity index (χ1v) is 10.6. The highest BCUT2D eigenvalue weighted by molar-refractivity contribution is 14.1. The number of hydrogen-bond donors (Lipinski definition) is 0. The number of pyridine rings is 1. The number of carbonyl (C=O) groups is 1. The molecule has 2 heterocycles. The summed E-state index contributed by atoms with van der Waals surface area (Å²) in [5.74, 6) is 0. The van der Waals surface area contributed by atoms with Gasteiger partial charge in [0.1, 0.15) is 15.2 Å². The highest BCUT2D eigenvalue weighted by Gasteiger charge is 2.30. The van der Waals surface area contributed by atoms with E-state index < -0.39 is 16.1 Å². The molecule has 1 fully saturated rings. The van der Waals surface area contributed by atoms with Crippen molar-refractivity contribution >= 4 is 38.7 Å². The Morgan fingerprint density at radius 2 is 1.77 bits per heavy atom. The van der Waals surface area contributed by atoms with Gasteiger partial charge in [0.15, 0.2) is 0 Å². The maximum absolute atomic E-state index is 12.6. The number of piperazine rings is 1. The average Bonchev–Trinajstić information content (AvgIpc) is 2.67. The van der Waals surface area contributed by atoms with Gasteiger partial charge in [0, 0.05) is 32.4 Å². The molecule has 9 heteroatoms. The molecule has 0 bridgehead atoms. The molecule has 1 amide bonds. The van der Waals surface area contributed by atoms with E-state index in [1.165, 1.54) is 15.4 Å². The second-order valence-corrected chi connectivity index (χ2v) is 8.79. The van der Waals surface area contributed by atoms with Crippen LogP contribution in [0.25, 0.3) is 0 Å². The minimum atomic E-state index is -3.59. The van der Waals surface area contributed by atoms with E-state index in [1.807, 2.05) is 52.9 Å². The molecular formula is C17H18IN3O4S. The Bertz CT molecular complexity index is 851. The highest BCUT2D eigenvalue weighted by Crippen LogP contribution is 2.18. The first kappa shape index (κ1) is 19.1. The van der Waals surface area contributed by atoms with Gasteiger partial charge >= 0.3 is 6.09 Å². The second-order valence-electron chi connectivity index (χ2n) is 5.75. The van der Waals surface area contributed by atoms with Gasteiger partial charge in [-0.1, -0.05) is 30.3 Å². The number of carbonyl (C=O) groups excluding carboxylic acids is 1. The van der Waals surface area contributed by atoms with Crippen LogP contribution in [0.15, 0.2) is 53.6 Å². The molecule has 1 aromatic heterocycles. The van der Waals surface area contributed by atoms with E-state index in [9.17, 15) is 13.2 Å². The van der Waals surface area contributed by atoms with Gasteiger partial charge in [-0.2, -0.15) is 4.31 Å². The van der Waals surface area contributed by atoms with Gasteiger partial charge < -0.3 is 9.64 Å². The monoisotopic (exact) mass is 487 g/mol. The Labute approximate surface area is 166 Å². The summed E-state index contributed by atoms with van der Waals surface area (Å²) < 4.78 is 32.7. The number of hydrogen-bond acceptors (Lipinski definition) is 5. The Morgan fingerprint density at radius 1 is 1.08 bits per heavy atom. The first-order chi connectivity index (χ1) is 12.5. The number of benzene rings is 1. The van der Waals surface area contributed by atoms with Crippen molar-refractivity contribution in [3.8, 4) is 0 Å². The lowest BCUT2D eigenvalue weighted by Gasteiger charge is -2.33. The van der Waals surface area contributed by atoms with Crippen molar-refractivity contribution in [2.75, 3.05) is 26.2 Å². The van der Waals surface area contributed by atoms with Crippen LogP contribution < -0.4 is 0 Å². The minimum Gasteiger partial charge on any atom is -0.445 e. The summed E-state index contributed by atoms with van der Waals surface area (Å²) in [4.78, 5) is 17.9. The van der Waals surface area contributed by atoms with Crippen molar-refractivity contribution in [2.45, 2.75) is 11.5 Å². The SMILES string of the molecule is O=C(OCc1ccccc1)N1CCN(S(=O)(=O)c2ccc(I)nc2)CC1. The van der Waals surface area contributed by atoms with Crippen LogP contribution >= 0.6 is 22.6 Å². The van der Waals surface area contributed by atoms with Crippen LogP contribution in [-0.2, 0) is 21.4 Å². The molecule has 0 radical (unpaired) electrons. The van der Waals surface area contributed by atoms with E-state index in [4.69, 9.17) is 4.74 Å². The van der Waals surface area contributed by atoms with Crippen LogP contribution in [0.1, 0.15) is 5.56 Å². The molecular weight excluding hydrogens is 469 g/mol. The third-order valence-electron chi connectivity index (χ3n) is 4.04. The van der Waals surface area contributed by atoms with E-state index in [0.29, 0.717) is 13.1 Å². The van der Waals surface area contributed by atoms with Crippen LogP contribution in [0, 0.1) is 3.70 Å². The van der Waals surface area contributed by atoms with Crippen molar-refractivity contribution in [1.29, 1.82) is 0 Å². The standard InChI is InChI=1S/C17H18IN3O4S/c18-16-7-6-15(12-19-16)26(23,24)21-10-8-20(9-11-21)17(22)25-13-14-4-2-1-3-5-14/h1-7,12H,8-11,13H2. The molecule has 138 valence electrons. The fourth-order valence-corrected chi connectivity index (χ4v) is 4.27. The van der Waals surface area contributed by atoms with E-state index in [1.54, 1.807) is 12.1 Å². The van der Waals surface area contributed by atoms with Crippen molar-refractivity contribution in [2.24, 2.45) is 0 Å². The smallest absolute Gasteiger partial charge is 0.410 e. The number of sulfonamides is 1. The molecule has 1 saturated heterocycles. The van der Waals surface area contributed by atoms with E-state index in [0.717, 1.165) is 9.26 Å². The Balaban J connectivity index is 1.55. The lowest BCUT2D eigenvalue weighted by Crippen LogP contribution is -2.50. The molecule has 0 spiro atoms. The van der Waals surface area contributed by atoms with Gasteiger partial charge in [-0.25, -0.2) is 18.2 Å². The molecule has 7 nitrogen and oxygen atoms in total. The lowest BCUT2D eigenvalue weighted by atomic mass is 10.2. The fourth-order valence-electron chi connectivity index (χ4n) is 2.59. The Hall–Kier alpha value is -1.72. The third kappa shape index (κ3) is 4.51. The number of rotatable bonds is 4. The van der Waals surface area contributed by atoms with Crippen molar-refractivity contribution < 1.29 is 17.9 Å². The Morgan fingerprint density at radius 3 is 2.38 bits per heavy atom. The molecule has 0 atom stereocenters. The maximum Gasteiger partial charge on any atom is 0.410 e. The number of ether oxygens (including phenoxy) is 1. The van der Waals surface area contributed by atoms with E-state index in [-0.39, 0.29) is 24.6 Å². The predicted molar refractivity (Wildman–Crippen MR) is 104 cm³/mol. The number of aromatic nitrogens is 1. The van der Waals surface area contributed by atoms with Crippen LogP contribution in [0.3, 0.4) is 0 Å². The van der Waals surface area contributed by atoms with Crippen LogP contribution in [0.2, 0.25) is 0 Å². The van der Waals surface area contributed by atoms with Gasteiger partial charge in [-0.05, 0) is 40.3 Å². The average molecular weight is 487 g/mol. The molecule has 26 heavy (non-hydrogen) atoms. The van der Waals surface area contributed by atoms with E-state index >= 15 is 0 Å². The van der Waals surface area contributed by atoms with Gasteiger partial charge in [-0.3, -0.25) is 0 Å². The minimum absolute atomic E-state index is 0.165. The highest BCUT2D eigenvalue weighted by atomic mass is 127. The number of nitrogens with zero attached hydrogens (tertiary/aromatic N) is 3. The molecule has 2 aromatic rings. The lowest BCUT2D eigenvalue weighted by molar-refractivity contribution is 0.0838. The fraction of sp³-hybridized carbons (Fsp3) is 0.294. The summed E-state index contributed by atoms with van der Waals surface area (Å²) in [5, 5.41) is 0. The van der Waals surface area contributed by atoms with Gasteiger partial charge in [-0.15, -0.1) is 0 Å². The first-order valence-electron chi connectivity index (χ1n) is 8.04. The predicted octanol–water partition coefficient (Wildman–Crippen LogP) is 2.33. The van der Waals surface area contributed by atoms with E-state index in [2.05, 4.69) is 4.98 Å². The zero-order chi connectivity index (χ0) is 18.6. The van der Waals surface area contributed by atoms with Crippen LogP contribution in [0.5, 0.6) is 0 Å². The molecule has 1 aliphatic rings. The summed E-state index contributed by atoms with van der Waals surface area (Å²) in [5.41, 5.74) is 0.910.